The molecule has 0 fully saturated rings. The summed E-state index contributed by atoms with van der Waals surface area (Å²) < 4.78 is 4.11. The molecule has 0 radical (unpaired) electrons. The fourth-order valence-corrected chi connectivity index (χ4v) is 1.24. The van der Waals surface area contributed by atoms with Crippen molar-refractivity contribution in [1.29, 1.82) is 0 Å². The molecule has 0 aliphatic carbocycles. The number of aliphatic hydroxyl groups is 1. The largest absolute Gasteiger partial charge is 0.502 e. The molecule has 1 N–H and O–H groups in total. The van der Waals surface area contributed by atoms with E-state index in [-0.39, 0.29) is 0 Å². The van der Waals surface area contributed by atoms with Crippen LogP contribution in [0, 0.1) is 0 Å². The quantitative estimate of drug-likeness (QED) is 0.170. The zero-order valence-corrected chi connectivity index (χ0v) is 10.7. The standard InChI is InChI=1S/C10H9IO3S/c11-10(15)14-9(13)8(12)6-7-4-2-1-3-5-7/h1-6,10,12,15H/b8-6-. The van der Waals surface area contributed by atoms with E-state index in [2.05, 4.69) is 17.4 Å². The van der Waals surface area contributed by atoms with Crippen LogP contribution in [-0.2, 0) is 9.53 Å². The lowest BCUT2D eigenvalue weighted by Gasteiger charge is -2.04. The second-order valence-electron chi connectivity index (χ2n) is 2.64. The first-order chi connectivity index (χ1) is 7.09. The Morgan fingerprint density at radius 1 is 1.47 bits per heavy atom. The molecule has 3 nitrogen and oxygen atoms in total. The molecule has 15 heavy (non-hydrogen) atoms. The van der Waals surface area contributed by atoms with Gasteiger partial charge in [0, 0.05) is 0 Å². The Morgan fingerprint density at radius 2 is 2.07 bits per heavy atom. The molecule has 0 saturated heterocycles. The summed E-state index contributed by atoms with van der Waals surface area (Å²) in [5.74, 6) is -1.22. The van der Waals surface area contributed by atoms with Crippen LogP contribution < -0.4 is 0 Å². The minimum atomic E-state index is -0.784. The number of aliphatic hydroxyl groups excluding tert-OH is 1. The fourth-order valence-electron chi connectivity index (χ4n) is 0.915. The maximum absolute atomic E-state index is 11.2. The molecule has 5 heteroatoms. The highest BCUT2D eigenvalue weighted by atomic mass is 127. The van der Waals surface area contributed by atoms with Crippen molar-refractivity contribution in [2.24, 2.45) is 0 Å². The van der Waals surface area contributed by atoms with Crippen LogP contribution in [0.5, 0.6) is 0 Å². The molecule has 0 bridgehead atoms. The van der Waals surface area contributed by atoms with Crippen molar-refractivity contribution < 1.29 is 14.6 Å². The van der Waals surface area contributed by atoms with Gasteiger partial charge < -0.3 is 9.84 Å². The highest BCUT2D eigenvalue weighted by Gasteiger charge is 2.11. The number of carbonyl (C=O) groups excluding carboxylic acids is 1. The predicted octanol–water partition coefficient (Wildman–Crippen LogP) is 2.78. The smallest absolute Gasteiger partial charge is 0.375 e. The van der Waals surface area contributed by atoms with Gasteiger partial charge in [-0.1, -0.05) is 30.3 Å². The molecule has 1 unspecified atom stereocenters. The number of thiol groups is 1. The van der Waals surface area contributed by atoms with Gasteiger partial charge in [-0.3, -0.25) is 0 Å². The number of rotatable bonds is 3. The van der Waals surface area contributed by atoms with E-state index in [0.29, 0.717) is 0 Å². The first-order valence-electron chi connectivity index (χ1n) is 4.08. The van der Waals surface area contributed by atoms with E-state index in [4.69, 9.17) is 0 Å². The molecule has 0 amide bonds. The van der Waals surface area contributed by atoms with Crippen LogP contribution in [0.15, 0.2) is 36.1 Å². The summed E-state index contributed by atoms with van der Waals surface area (Å²) in [6.07, 6.45) is 1.34. The van der Waals surface area contributed by atoms with Gasteiger partial charge in [-0.2, -0.15) is 0 Å². The first-order valence-corrected chi connectivity index (χ1v) is 5.84. The molecule has 1 rings (SSSR count). The highest BCUT2D eigenvalue weighted by molar-refractivity contribution is 14.1. The summed E-state index contributed by atoms with van der Waals surface area (Å²) in [5, 5.41) is 9.37. The second kappa shape index (κ2) is 6.02. The van der Waals surface area contributed by atoms with Gasteiger partial charge in [-0.25, -0.2) is 4.79 Å². The molecule has 0 saturated carbocycles. The molecular weight excluding hydrogens is 327 g/mol. The van der Waals surface area contributed by atoms with Crippen molar-refractivity contribution in [3.8, 4) is 0 Å². The predicted molar refractivity (Wildman–Crippen MR) is 69.9 cm³/mol. The van der Waals surface area contributed by atoms with Crippen molar-refractivity contribution in [2.45, 2.75) is 3.44 Å². The van der Waals surface area contributed by atoms with Crippen LogP contribution in [0.1, 0.15) is 5.56 Å². The fraction of sp³-hybridized carbons (Fsp3) is 0.100. The van der Waals surface area contributed by atoms with E-state index in [1.165, 1.54) is 6.08 Å². The Kier molecular flexibility index (Phi) is 4.97. The Morgan fingerprint density at radius 3 is 2.60 bits per heavy atom. The van der Waals surface area contributed by atoms with Crippen LogP contribution in [-0.4, -0.2) is 14.5 Å². The minimum Gasteiger partial charge on any atom is -0.502 e. The average Bonchev–Trinajstić information content (AvgIpc) is 2.18. The SMILES string of the molecule is O=C(OC(S)I)/C(O)=C/c1ccccc1. The molecule has 0 aliphatic rings. The molecule has 0 heterocycles. The van der Waals surface area contributed by atoms with Crippen LogP contribution in [0.3, 0.4) is 0 Å². The topological polar surface area (TPSA) is 46.5 Å². The maximum Gasteiger partial charge on any atom is 0.375 e. The van der Waals surface area contributed by atoms with E-state index in [1.54, 1.807) is 34.7 Å². The maximum atomic E-state index is 11.2. The summed E-state index contributed by atoms with van der Waals surface area (Å²) in [6.45, 7) is 0. The number of hydrogen-bond donors (Lipinski definition) is 2. The lowest BCUT2D eigenvalue weighted by atomic mass is 10.2. The van der Waals surface area contributed by atoms with E-state index in [9.17, 15) is 9.90 Å². The van der Waals surface area contributed by atoms with Crippen LogP contribution in [0.4, 0.5) is 0 Å². The monoisotopic (exact) mass is 336 g/mol. The molecule has 1 atom stereocenters. The lowest BCUT2D eigenvalue weighted by Crippen LogP contribution is -2.09. The Bertz CT molecular complexity index is 362. The number of ether oxygens (including phenoxy) is 1. The molecule has 1 aromatic rings. The van der Waals surface area contributed by atoms with Gasteiger partial charge in [0.25, 0.3) is 0 Å². The van der Waals surface area contributed by atoms with Gasteiger partial charge in [-0.15, -0.1) is 12.6 Å². The lowest BCUT2D eigenvalue weighted by molar-refractivity contribution is -0.140. The van der Waals surface area contributed by atoms with Crippen LogP contribution >= 0.6 is 35.2 Å². The van der Waals surface area contributed by atoms with E-state index < -0.39 is 15.2 Å². The molecule has 1 aromatic carbocycles. The number of esters is 1. The van der Waals surface area contributed by atoms with Crippen LogP contribution in [0.25, 0.3) is 6.08 Å². The van der Waals surface area contributed by atoms with Crippen LogP contribution in [0.2, 0.25) is 0 Å². The van der Waals surface area contributed by atoms with Gasteiger partial charge in [0.1, 0.15) is 0 Å². The molecule has 0 aliphatic heterocycles. The third kappa shape index (κ3) is 4.57. The zero-order chi connectivity index (χ0) is 11.3. The average molecular weight is 336 g/mol. The van der Waals surface area contributed by atoms with E-state index >= 15 is 0 Å². The normalized spacial score (nSPS) is 13.3. The van der Waals surface area contributed by atoms with E-state index in [1.807, 2.05) is 18.2 Å². The van der Waals surface area contributed by atoms with Crippen molar-refractivity contribution in [3.63, 3.8) is 0 Å². The number of hydrogen-bond acceptors (Lipinski definition) is 4. The molecule has 80 valence electrons. The number of carbonyl (C=O) groups is 1. The van der Waals surface area contributed by atoms with Gasteiger partial charge in [-0.05, 0) is 34.2 Å². The number of benzene rings is 1. The van der Waals surface area contributed by atoms with Gasteiger partial charge in [0.15, 0.2) is 3.44 Å². The second-order valence-corrected chi connectivity index (χ2v) is 5.22. The third-order valence-electron chi connectivity index (χ3n) is 1.52. The Balaban J connectivity index is 2.72. The number of halogens is 1. The highest BCUT2D eigenvalue weighted by Crippen LogP contribution is 2.11. The molecule has 0 aromatic heterocycles. The summed E-state index contributed by atoms with van der Waals surface area (Å²) in [6, 6.07) is 9.01. The van der Waals surface area contributed by atoms with Gasteiger partial charge in [0.2, 0.25) is 5.76 Å². The van der Waals surface area contributed by atoms with Crippen molar-refractivity contribution in [3.05, 3.63) is 41.7 Å². The van der Waals surface area contributed by atoms with Crippen molar-refractivity contribution in [1.82, 2.24) is 0 Å². The van der Waals surface area contributed by atoms with E-state index in [0.717, 1.165) is 5.56 Å². The van der Waals surface area contributed by atoms with Gasteiger partial charge >= 0.3 is 5.97 Å². The zero-order valence-electron chi connectivity index (χ0n) is 7.63. The third-order valence-corrected chi connectivity index (χ3v) is 1.88. The summed E-state index contributed by atoms with van der Waals surface area (Å²) >= 11 is 5.67. The Hall–Kier alpha value is -0.690. The number of alkyl halides is 1. The summed E-state index contributed by atoms with van der Waals surface area (Å²) in [5.41, 5.74) is 0.733. The minimum absolute atomic E-state index is 0.433. The molecule has 0 spiro atoms. The summed E-state index contributed by atoms with van der Waals surface area (Å²) in [7, 11) is 0. The van der Waals surface area contributed by atoms with Crippen molar-refractivity contribution in [2.75, 3.05) is 0 Å². The Labute approximate surface area is 107 Å². The first kappa shape index (κ1) is 12.4. The molecular formula is C10H9IO3S. The van der Waals surface area contributed by atoms with Crippen molar-refractivity contribution >= 4 is 47.3 Å². The summed E-state index contributed by atoms with van der Waals surface area (Å²) in [4.78, 5) is 11.2. The van der Waals surface area contributed by atoms with Gasteiger partial charge in [0.05, 0.1) is 0 Å².